The van der Waals surface area contributed by atoms with Crippen LogP contribution in [0.4, 0.5) is 20.6 Å². The van der Waals surface area contributed by atoms with Crippen LogP contribution in [-0.2, 0) is 9.59 Å². The number of hydrogen-bond acceptors (Lipinski definition) is 5. The Kier molecular flexibility index (Phi) is 6.90. The number of nitrogens with zero attached hydrogens (tertiary/aromatic N) is 3. The van der Waals surface area contributed by atoms with Crippen LogP contribution in [0, 0.1) is 12.7 Å². The fraction of sp³-hybridized carbons (Fsp3) is 0.138. The molecule has 0 saturated heterocycles. The normalized spacial score (nSPS) is 16.8. The van der Waals surface area contributed by atoms with E-state index < -0.39 is 23.9 Å². The predicted octanol–water partition coefficient (Wildman–Crippen LogP) is 4.39. The van der Waals surface area contributed by atoms with Crippen molar-refractivity contribution in [3.8, 4) is 0 Å². The van der Waals surface area contributed by atoms with Crippen LogP contribution in [0.2, 0.25) is 0 Å². The fourth-order valence-corrected chi connectivity index (χ4v) is 4.34. The molecule has 3 aromatic carbocycles. The van der Waals surface area contributed by atoms with Crippen molar-refractivity contribution in [2.45, 2.75) is 19.5 Å². The lowest BCUT2D eigenvalue weighted by Crippen LogP contribution is -2.50. The maximum atomic E-state index is 15.0. The number of nitrogens with one attached hydrogen (secondary N) is 2. The molecule has 2 N–H and O–H groups in total. The zero-order valence-corrected chi connectivity index (χ0v) is 20.5. The average Bonchev–Trinajstić information content (AvgIpc) is 3.01. The van der Waals surface area contributed by atoms with Crippen LogP contribution in [0.3, 0.4) is 0 Å². The number of carbonyl (C=O) groups excluding carboxylic acids is 3. The molecule has 0 radical (unpaired) electrons. The molecule has 2 aliphatic heterocycles. The SMILES string of the molecule is Cc1cccc(NC(=O)NC2N=C(c3ccccc3F)c3ccccc3N(CC3=NC=CCC3=O)C2=O)c1. The summed E-state index contributed by atoms with van der Waals surface area (Å²) in [4.78, 5) is 49.5. The molecule has 1 atom stereocenters. The molecule has 38 heavy (non-hydrogen) atoms. The molecular formula is C29H24FN5O3. The minimum Gasteiger partial charge on any atom is -0.308 e. The molecule has 0 aromatic heterocycles. The number of para-hydroxylation sites is 1. The van der Waals surface area contributed by atoms with Crippen LogP contribution in [0.25, 0.3) is 0 Å². The van der Waals surface area contributed by atoms with Crippen molar-refractivity contribution in [1.29, 1.82) is 0 Å². The smallest absolute Gasteiger partial charge is 0.308 e. The topological polar surface area (TPSA) is 103 Å². The van der Waals surface area contributed by atoms with Crippen LogP contribution < -0.4 is 15.5 Å². The number of Topliss-reactive ketones (excluding diaryl/α,β-unsaturated/α-hetero) is 1. The maximum absolute atomic E-state index is 15.0. The van der Waals surface area contributed by atoms with E-state index in [0.717, 1.165) is 5.56 Å². The van der Waals surface area contributed by atoms with Gasteiger partial charge >= 0.3 is 6.03 Å². The summed E-state index contributed by atoms with van der Waals surface area (Å²) in [6.07, 6.45) is 1.94. The number of aryl methyl sites for hydroxylation is 1. The van der Waals surface area contributed by atoms with Crippen LogP contribution in [0.5, 0.6) is 0 Å². The largest absolute Gasteiger partial charge is 0.321 e. The molecule has 1 unspecified atom stereocenters. The molecule has 2 heterocycles. The lowest BCUT2D eigenvalue weighted by Gasteiger charge is -2.26. The second kappa shape index (κ2) is 10.6. The average molecular weight is 510 g/mol. The molecular weight excluding hydrogens is 485 g/mol. The molecule has 0 spiro atoms. The number of hydrogen-bond donors (Lipinski definition) is 2. The molecule has 9 heteroatoms. The number of halogens is 1. The minimum atomic E-state index is -1.41. The molecule has 3 amide bonds. The van der Waals surface area contributed by atoms with E-state index in [1.165, 1.54) is 17.2 Å². The van der Waals surface area contributed by atoms with E-state index in [4.69, 9.17) is 0 Å². The van der Waals surface area contributed by atoms with Gasteiger partial charge in [0.1, 0.15) is 11.5 Å². The predicted molar refractivity (Wildman–Crippen MR) is 144 cm³/mol. The highest BCUT2D eigenvalue weighted by atomic mass is 19.1. The van der Waals surface area contributed by atoms with Crippen LogP contribution >= 0.6 is 0 Å². The van der Waals surface area contributed by atoms with Gasteiger partial charge in [-0.2, -0.15) is 0 Å². The van der Waals surface area contributed by atoms with Gasteiger partial charge in [-0.1, -0.05) is 48.5 Å². The van der Waals surface area contributed by atoms with Crippen LogP contribution in [-0.4, -0.2) is 41.9 Å². The number of benzene rings is 3. The number of carbonyl (C=O) groups is 3. The molecule has 0 saturated carbocycles. The van der Waals surface area contributed by atoms with Gasteiger partial charge in [-0.15, -0.1) is 0 Å². The molecule has 5 rings (SSSR count). The van der Waals surface area contributed by atoms with Gasteiger partial charge in [-0.05, 0) is 42.8 Å². The number of allylic oxidation sites excluding steroid dienone is 1. The lowest BCUT2D eigenvalue weighted by atomic mass is 9.99. The van der Waals surface area contributed by atoms with Gasteiger partial charge in [-0.3, -0.25) is 14.6 Å². The van der Waals surface area contributed by atoms with Crippen molar-refractivity contribution in [1.82, 2.24) is 5.32 Å². The van der Waals surface area contributed by atoms with E-state index in [1.54, 1.807) is 66.7 Å². The third-order valence-corrected chi connectivity index (χ3v) is 6.15. The lowest BCUT2D eigenvalue weighted by molar-refractivity contribution is -0.120. The number of urea groups is 1. The van der Waals surface area contributed by atoms with E-state index in [-0.39, 0.29) is 35.7 Å². The second-order valence-electron chi connectivity index (χ2n) is 8.86. The third-order valence-electron chi connectivity index (χ3n) is 6.15. The van der Waals surface area contributed by atoms with Crippen molar-refractivity contribution in [2.75, 3.05) is 16.8 Å². The van der Waals surface area contributed by atoms with E-state index in [9.17, 15) is 18.8 Å². The van der Waals surface area contributed by atoms with E-state index >= 15 is 0 Å². The summed E-state index contributed by atoms with van der Waals surface area (Å²) >= 11 is 0. The summed E-state index contributed by atoms with van der Waals surface area (Å²) in [5.74, 6) is -1.32. The van der Waals surface area contributed by atoms with Gasteiger partial charge < -0.3 is 15.5 Å². The van der Waals surface area contributed by atoms with Crippen molar-refractivity contribution in [3.05, 3.63) is 108 Å². The van der Waals surface area contributed by atoms with Gasteiger partial charge in [-0.25, -0.2) is 14.2 Å². The summed E-state index contributed by atoms with van der Waals surface area (Å²) < 4.78 is 15.0. The minimum absolute atomic E-state index is 0.128. The Hall–Kier alpha value is -4.92. The standard InChI is InChI=1S/C29H24FN5O3/c1-18-8-6-9-19(16-18)32-29(38)34-27-28(37)35(17-23-25(36)14-7-15-31-23)24-13-5-3-11-21(24)26(33-27)20-10-2-4-12-22(20)30/h2-13,15-16,27H,14,17H2,1H3,(H2,32,34,38). The highest BCUT2D eigenvalue weighted by molar-refractivity contribution is 6.42. The molecule has 0 fully saturated rings. The van der Waals surface area contributed by atoms with E-state index in [2.05, 4.69) is 20.6 Å². The molecule has 8 nitrogen and oxygen atoms in total. The monoisotopic (exact) mass is 509 g/mol. The molecule has 190 valence electrons. The molecule has 3 aromatic rings. The Labute approximate surface area is 218 Å². The Bertz CT molecular complexity index is 1530. The van der Waals surface area contributed by atoms with E-state index in [1.807, 2.05) is 13.0 Å². The first-order valence-corrected chi connectivity index (χ1v) is 12.0. The van der Waals surface area contributed by atoms with E-state index in [0.29, 0.717) is 16.9 Å². The molecule has 0 aliphatic carbocycles. The quantitative estimate of drug-likeness (QED) is 0.533. The van der Waals surface area contributed by atoms with Crippen molar-refractivity contribution >= 4 is 40.5 Å². The van der Waals surface area contributed by atoms with Gasteiger partial charge in [0.05, 0.1) is 17.9 Å². The highest BCUT2D eigenvalue weighted by Crippen LogP contribution is 2.29. The Morgan fingerprint density at radius 1 is 1.03 bits per heavy atom. The first-order valence-electron chi connectivity index (χ1n) is 12.0. The van der Waals surface area contributed by atoms with Crippen molar-refractivity contribution in [3.63, 3.8) is 0 Å². The number of aliphatic imine (C=N–C) groups is 2. The van der Waals surface area contributed by atoms with Gasteiger partial charge in [0.2, 0.25) is 6.17 Å². The fourth-order valence-electron chi connectivity index (χ4n) is 4.34. The van der Waals surface area contributed by atoms with Crippen LogP contribution in [0.15, 0.2) is 95.1 Å². The number of benzodiazepines with no additional fused rings is 1. The maximum Gasteiger partial charge on any atom is 0.321 e. The van der Waals surface area contributed by atoms with Gasteiger partial charge in [0.25, 0.3) is 5.91 Å². The summed E-state index contributed by atoms with van der Waals surface area (Å²) in [6, 6.07) is 19.5. The number of rotatable bonds is 5. The first kappa shape index (κ1) is 24.8. The van der Waals surface area contributed by atoms with Gasteiger partial charge in [0, 0.05) is 29.4 Å². The first-order chi connectivity index (χ1) is 18.4. The second-order valence-corrected chi connectivity index (χ2v) is 8.86. The Morgan fingerprint density at radius 3 is 2.55 bits per heavy atom. The molecule has 0 bridgehead atoms. The number of fused-ring (bicyclic) bond motifs is 1. The highest BCUT2D eigenvalue weighted by Gasteiger charge is 2.35. The van der Waals surface area contributed by atoms with Crippen LogP contribution in [0.1, 0.15) is 23.1 Å². The van der Waals surface area contributed by atoms with Gasteiger partial charge in [0.15, 0.2) is 5.78 Å². The number of amides is 3. The summed E-state index contributed by atoms with van der Waals surface area (Å²) in [5, 5.41) is 5.33. The van der Waals surface area contributed by atoms with Crippen molar-refractivity contribution < 1.29 is 18.8 Å². The molecule has 2 aliphatic rings. The summed E-state index contributed by atoms with van der Waals surface area (Å²) in [7, 11) is 0. The summed E-state index contributed by atoms with van der Waals surface area (Å²) in [6.45, 7) is 1.76. The third kappa shape index (κ3) is 5.12. The van der Waals surface area contributed by atoms with Crippen molar-refractivity contribution in [2.24, 2.45) is 9.98 Å². The zero-order chi connectivity index (χ0) is 26.6. The number of ketones is 1. The Morgan fingerprint density at radius 2 is 1.79 bits per heavy atom. The number of anilines is 2. The summed E-state index contributed by atoms with van der Waals surface area (Å²) in [5.41, 5.74) is 2.97. The Balaban J connectivity index is 1.57. The zero-order valence-electron chi connectivity index (χ0n) is 20.5.